The normalized spacial score (nSPS) is 10.3. The maximum atomic E-state index is 11.6. The van der Waals surface area contributed by atoms with Crippen LogP contribution in [0.4, 0.5) is 11.4 Å². The molecule has 2 aromatic rings. The molecule has 0 radical (unpaired) electrons. The van der Waals surface area contributed by atoms with E-state index in [4.69, 9.17) is 17.3 Å². The summed E-state index contributed by atoms with van der Waals surface area (Å²) in [7, 11) is 0. The summed E-state index contributed by atoms with van der Waals surface area (Å²) in [6.45, 7) is 0. The maximum Gasteiger partial charge on any atom is 0.234 e. The minimum Gasteiger partial charge on any atom is -0.397 e. The molecule has 4 N–H and O–H groups in total. The Hall–Kier alpha value is -1.73. The molecule has 0 aliphatic carbocycles. The summed E-state index contributed by atoms with van der Waals surface area (Å²) in [4.78, 5) is 15.5. The van der Waals surface area contributed by atoms with E-state index in [2.05, 4.69) is 20.5 Å². The fraction of sp³-hybridized carbons (Fsp3) is 0.100. The maximum absolute atomic E-state index is 11.6. The Morgan fingerprint density at radius 3 is 3.06 bits per heavy atom. The van der Waals surface area contributed by atoms with Crippen molar-refractivity contribution >= 4 is 40.6 Å². The van der Waals surface area contributed by atoms with E-state index in [1.165, 1.54) is 18.1 Å². The molecule has 0 atom stereocenters. The minimum atomic E-state index is -0.155. The SMILES string of the molecule is Nc1cc(NC(=O)CSc2ncn[nH]2)ccc1Cl. The van der Waals surface area contributed by atoms with Gasteiger partial charge in [-0.1, -0.05) is 23.4 Å². The Morgan fingerprint density at radius 2 is 2.39 bits per heavy atom. The molecule has 6 nitrogen and oxygen atoms in total. The molecule has 0 saturated carbocycles. The first kappa shape index (κ1) is 12.7. The number of nitrogen functional groups attached to an aromatic ring is 1. The van der Waals surface area contributed by atoms with Gasteiger partial charge in [-0.05, 0) is 18.2 Å². The molecule has 0 fully saturated rings. The lowest BCUT2D eigenvalue weighted by Crippen LogP contribution is -2.14. The Labute approximate surface area is 112 Å². The topological polar surface area (TPSA) is 96.7 Å². The van der Waals surface area contributed by atoms with E-state index in [0.29, 0.717) is 21.6 Å². The summed E-state index contributed by atoms with van der Waals surface area (Å²) < 4.78 is 0. The number of nitrogens with two attached hydrogens (primary N) is 1. The van der Waals surface area contributed by atoms with Gasteiger partial charge in [-0.2, -0.15) is 5.10 Å². The summed E-state index contributed by atoms with van der Waals surface area (Å²) in [6.07, 6.45) is 1.39. The van der Waals surface area contributed by atoms with Gasteiger partial charge < -0.3 is 11.1 Å². The molecule has 1 amide bonds. The molecule has 0 aliphatic heterocycles. The molecule has 1 heterocycles. The average Bonchev–Trinajstić information content (AvgIpc) is 2.84. The Morgan fingerprint density at radius 1 is 1.56 bits per heavy atom. The molecule has 0 saturated heterocycles. The number of carbonyl (C=O) groups is 1. The van der Waals surface area contributed by atoms with Crippen LogP contribution in [0.25, 0.3) is 0 Å². The second kappa shape index (κ2) is 5.74. The van der Waals surface area contributed by atoms with Crippen LogP contribution < -0.4 is 11.1 Å². The third-order valence-corrected chi connectivity index (χ3v) is 3.23. The van der Waals surface area contributed by atoms with E-state index >= 15 is 0 Å². The molecule has 0 spiro atoms. The Balaban J connectivity index is 1.88. The first-order chi connectivity index (χ1) is 8.65. The molecular formula is C10H10ClN5OS. The number of aromatic nitrogens is 3. The lowest BCUT2D eigenvalue weighted by atomic mass is 10.3. The predicted molar refractivity (Wildman–Crippen MR) is 71.6 cm³/mol. The monoisotopic (exact) mass is 283 g/mol. The molecule has 0 unspecified atom stereocenters. The van der Waals surface area contributed by atoms with Gasteiger partial charge in [0, 0.05) is 5.69 Å². The van der Waals surface area contributed by atoms with Crippen LogP contribution in [0.1, 0.15) is 0 Å². The van der Waals surface area contributed by atoms with E-state index in [1.807, 2.05) is 0 Å². The summed E-state index contributed by atoms with van der Waals surface area (Å²) in [5.74, 6) is 0.0793. The fourth-order valence-corrected chi connectivity index (χ4v) is 1.91. The van der Waals surface area contributed by atoms with Gasteiger partial charge in [-0.25, -0.2) is 4.98 Å². The van der Waals surface area contributed by atoms with Crippen LogP contribution in [0.5, 0.6) is 0 Å². The number of H-pyrrole nitrogens is 1. The first-order valence-electron chi connectivity index (χ1n) is 4.98. The number of halogens is 1. The summed E-state index contributed by atoms with van der Waals surface area (Å²) in [5.41, 5.74) is 6.68. The Kier molecular flexibility index (Phi) is 4.06. The lowest BCUT2D eigenvalue weighted by Gasteiger charge is -2.06. The fourth-order valence-electron chi connectivity index (χ4n) is 1.22. The van der Waals surface area contributed by atoms with E-state index in [9.17, 15) is 4.79 Å². The van der Waals surface area contributed by atoms with Gasteiger partial charge in [-0.3, -0.25) is 9.89 Å². The largest absolute Gasteiger partial charge is 0.397 e. The minimum absolute atomic E-state index is 0.155. The number of nitrogens with zero attached hydrogens (tertiary/aromatic N) is 2. The van der Waals surface area contributed by atoms with Gasteiger partial charge in [0.1, 0.15) is 6.33 Å². The number of thioether (sulfide) groups is 1. The van der Waals surface area contributed by atoms with Crippen molar-refractivity contribution in [3.05, 3.63) is 29.5 Å². The highest BCUT2D eigenvalue weighted by molar-refractivity contribution is 7.99. The number of rotatable bonds is 4. The molecule has 8 heteroatoms. The lowest BCUT2D eigenvalue weighted by molar-refractivity contribution is -0.113. The van der Waals surface area contributed by atoms with Crippen LogP contribution in [0, 0.1) is 0 Å². The summed E-state index contributed by atoms with van der Waals surface area (Å²) in [5, 5.41) is 10.1. The second-order valence-corrected chi connectivity index (χ2v) is 4.74. The zero-order chi connectivity index (χ0) is 13.0. The standard InChI is InChI=1S/C10H10ClN5OS/c11-7-2-1-6(3-8(7)12)15-9(17)4-18-10-13-5-14-16-10/h1-3,5H,4,12H2,(H,15,17)(H,13,14,16). The summed E-state index contributed by atoms with van der Waals surface area (Å²) >= 11 is 7.05. The van der Waals surface area contributed by atoms with Crippen LogP contribution in [0.3, 0.4) is 0 Å². The van der Waals surface area contributed by atoms with Gasteiger partial charge in [0.2, 0.25) is 5.91 Å². The zero-order valence-corrected chi connectivity index (χ0v) is 10.8. The second-order valence-electron chi connectivity index (χ2n) is 3.36. The molecule has 1 aromatic heterocycles. The van der Waals surface area contributed by atoms with Crippen molar-refractivity contribution in [1.29, 1.82) is 0 Å². The molecule has 18 heavy (non-hydrogen) atoms. The smallest absolute Gasteiger partial charge is 0.234 e. The van der Waals surface area contributed by atoms with Gasteiger partial charge >= 0.3 is 0 Å². The van der Waals surface area contributed by atoms with Crippen LogP contribution in [-0.4, -0.2) is 26.8 Å². The molecule has 1 aromatic carbocycles. The number of benzene rings is 1. The van der Waals surface area contributed by atoms with Crippen molar-refractivity contribution in [3.63, 3.8) is 0 Å². The third kappa shape index (κ3) is 3.38. The van der Waals surface area contributed by atoms with E-state index in [1.54, 1.807) is 18.2 Å². The molecular weight excluding hydrogens is 274 g/mol. The zero-order valence-electron chi connectivity index (χ0n) is 9.18. The van der Waals surface area contributed by atoms with Crippen molar-refractivity contribution < 1.29 is 4.79 Å². The Bertz CT molecular complexity index is 545. The van der Waals surface area contributed by atoms with Crippen LogP contribution in [0.2, 0.25) is 5.02 Å². The van der Waals surface area contributed by atoms with E-state index in [-0.39, 0.29) is 11.7 Å². The third-order valence-electron chi connectivity index (χ3n) is 2.01. The highest BCUT2D eigenvalue weighted by Gasteiger charge is 2.06. The molecule has 0 bridgehead atoms. The number of nitrogens with one attached hydrogen (secondary N) is 2. The van der Waals surface area contributed by atoms with Crippen molar-refractivity contribution in [2.24, 2.45) is 0 Å². The number of carbonyl (C=O) groups excluding carboxylic acids is 1. The van der Waals surface area contributed by atoms with Crippen molar-refractivity contribution in [2.75, 3.05) is 16.8 Å². The van der Waals surface area contributed by atoms with E-state index < -0.39 is 0 Å². The van der Waals surface area contributed by atoms with Gasteiger partial charge in [0.05, 0.1) is 16.5 Å². The average molecular weight is 284 g/mol. The van der Waals surface area contributed by atoms with Gasteiger partial charge in [-0.15, -0.1) is 0 Å². The number of hydrogen-bond acceptors (Lipinski definition) is 5. The van der Waals surface area contributed by atoms with E-state index in [0.717, 1.165) is 0 Å². The van der Waals surface area contributed by atoms with Crippen LogP contribution in [-0.2, 0) is 4.79 Å². The van der Waals surface area contributed by atoms with Crippen molar-refractivity contribution in [1.82, 2.24) is 15.2 Å². The number of aromatic amines is 1. The molecule has 94 valence electrons. The summed E-state index contributed by atoms with van der Waals surface area (Å²) in [6, 6.07) is 4.94. The number of amides is 1. The van der Waals surface area contributed by atoms with Crippen LogP contribution in [0.15, 0.2) is 29.7 Å². The first-order valence-corrected chi connectivity index (χ1v) is 6.34. The van der Waals surface area contributed by atoms with Gasteiger partial charge in [0.25, 0.3) is 0 Å². The number of hydrogen-bond donors (Lipinski definition) is 3. The van der Waals surface area contributed by atoms with Crippen molar-refractivity contribution in [2.45, 2.75) is 5.16 Å². The number of anilines is 2. The molecule has 0 aliphatic rings. The molecule has 2 rings (SSSR count). The highest BCUT2D eigenvalue weighted by Crippen LogP contribution is 2.22. The van der Waals surface area contributed by atoms with Crippen molar-refractivity contribution in [3.8, 4) is 0 Å². The highest BCUT2D eigenvalue weighted by atomic mass is 35.5. The van der Waals surface area contributed by atoms with Crippen LogP contribution >= 0.6 is 23.4 Å². The van der Waals surface area contributed by atoms with Gasteiger partial charge in [0.15, 0.2) is 5.16 Å². The quantitative estimate of drug-likeness (QED) is 0.587. The predicted octanol–water partition coefficient (Wildman–Crippen LogP) is 1.77.